The van der Waals surface area contributed by atoms with Crippen LogP contribution < -0.4 is 0 Å². The van der Waals surface area contributed by atoms with Crippen molar-refractivity contribution >= 4 is 43.6 Å². The topological polar surface area (TPSA) is 57.4 Å². The second-order valence-corrected chi connectivity index (χ2v) is 12.0. The molecule has 0 saturated heterocycles. The molecule has 0 N–H and O–H groups in total. The summed E-state index contributed by atoms with van der Waals surface area (Å²) in [6.45, 7) is 0. The molecule has 9 rings (SSSR count). The summed E-state index contributed by atoms with van der Waals surface area (Å²) in [6, 6.07) is 59.1. The molecule has 4 nitrogen and oxygen atoms in total. The fourth-order valence-corrected chi connectivity index (χ4v) is 7.27. The van der Waals surface area contributed by atoms with Gasteiger partial charge in [0.1, 0.15) is 0 Å². The molecule has 0 aliphatic heterocycles. The Kier molecular flexibility index (Phi) is 6.22. The first-order chi connectivity index (χ1) is 23.7. The summed E-state index contributed by atoms with van der Waals surface area (Å²) in [6.07, 6.45) is 0. The van der Waals surface area contributed by atoms with Gasteiger partial charge >= 0.3 is 0 Å². The molecule has 9 aromatic rings. The second kappa shape index (κ2) is 10.9. The Hall–Kier alpha value is -6.88. The van der Waals surface area contributed by atoms with Crippen LogP contribution in [-0.2, 0) is 0 Å². The molecular formula is C44H26N4. The first-order valence-electron chi connectivity index (χ1n) is 15.9. The van der Waals surface area contributed by atoms with E-state index in [1.807, 2.05) is 36.4 Å². The molecule has 0 amide bonds. The molecule has 222 valence electrons. The SMILES string of the molecule is N#Cc1ccc(-n2c3ccccc3c3cc(-c4ccccc4-c4ccccc4-n4c5ccccc5c5cc(C#N)ccc54)ccc32)cc1. The van der Waals surface area contributed by atoms with Gasteiger partial charge in [-0.2, -0.15) is 10.5 Å². The van der Waals surface area contributed by atoms with E-state index in [1.165, 1.54) is 10.8 Å². The van der Waals surface area contributed by atoms with Crippen molar-refractivity contribution in [2.45, 2.75) is 0 Å². The van der Waals surface area contributed by atoms with Gasteiger partial charge in [0.05, 0.1) is 51.0 Å². The molecule has 48 heavy (non-hydrogen) atoms. The second-order valence-electron chi connectivity index (χ2n) is 12.0. The Balaban J connectivity index is 1.26. The number of benzene rings is 7. The standard InChI is InChI=1S/C44H26N4/c45-27-29-17-21-32(22-18-29)47-40-14-6-4-13-37(40)39-26-31(20-24-43(39)47)33-9-1-2-10-34(33)35-11-3-7-15-41(35)48-42-16-8-5-12-36(42)38-25-30(28-46)19-23-44(38)48/h1-26H. The molecule has 0 unspecified atom stereocenters. The summed E-state index contributed by atoms with van der Waals surface area (Å²) in [4.78, 5) is 0. The lowest BCUT2D eigenvalue weighted by molar-refractivity contribution is 1.18. The van der Waals surface area contributed by atoms with Crippen LogP contribution in [0.5, 0.6) is 0 Å². The minimum atomic E-state index is 0.645. The van der Waals surface area contributed by atoms with Gasteiger partial charge in [0.2, 0.25) is 0 Å². The highest BCUT2D eigenvalue weighted by atomic mass is 15.0. The zero-order valence-corrected chi connectivity index (χ0v) is 25.8. The highest BCUT2D eigenvalue weighted by Gasteiger charge is 2.19. The maximum absolute atomic E-state index is 9.66. The molecular weight excluding hydrogens is 585 g/mol. The lowest BCUT2D eigenvalue weighted by Gasteiger charge is -2.17. The van der Waals surface area contributed by atoms with Crippen molar-refractivity contribution in [2.24, 2.45) is 0 Å². The van der Waals surface area contributed by atoms with Crippen LogP contribution in [0.2, 0.25) is 0 Å². The van der Waals surface area contributed by atoms with Crippen molar-refractivity contribution in [3.8, 4) is 45.8 Å². The van der Waals surface area contributed by atoms with Crippen LogP contribution in [0, 0.1) is 22.7 Å². The zero-order chi connectivity index (χ0) is 32.2. The predicted octanol–water partition coefficient (Wildman–Crippen LogP) is 11.0. The minimum absolute atomic E-state index is 0.645. The first kappa shape index (κ1) is 27.4. The molecule has 0 fully saturated rings. The number of aromatic nitrogens is 2. The molecule has 0 spiro atoms. The van der Waals surface area contributed by atoms with E-state index in [0.717, 1.165) is 66.5 Å². The van der Waals surface area contributed by atoms with E-state index in [-0.39, 0.29) is 0 Å². The van der Waals surface area contributed by atoms with Crippen molar-refractivity contribution in [2.75, 3.05) is 0 Å². The lowest BCUT2D eigenvalue weighted by Crippen LogP contribution is -1.98. The van der Waals surface area contributed by atoms with E-state index < -0.39 is 0 Å². The van der Waals surface area contributed by atoms with Crippen molar-refractivity contribution < 1.29 is 0 Å². The van der Waals surface area contributed by atoms with E-state index in [1.54, 1.807) is 0 Å². The average Bonchev–Trinajstić information content (AvgIpc) is 3.67. The predicted molar refractivity (Wildman–Crippen MR) is 195 cm³/mol. The summed E-state index contributed by atoms with van der Waals surface area (Å²) in [5.41, 5.74) is 12.4. The van der Waals surface area contributed by atoms with E-state index in [0.29, 0.717) is 11.1 Å². The van der Waals surface area contributed by atoms with Crippen molar-refractivity contribution in [1.82, 2.24) is 9.13 Å². The summed E-state index contributed by atoms with van der Waals surface area (Å²) < 4.78 is 4.60. The van der Waals surface area contributed by atoms with Gasteiger partial charge in [0.15, 0.2) is 0 Å². The van der Waals surface area contributed by atoms with Crippen molar-refractivity contribution in [1.29, 1.82) is 10.5 Å². The Morgan fingerprint density at radius 1 is 0.375 bits per heavy atom. The van der Waals surface area contributed by atoms with Crippen molar-refractivity contribution in [3.05, 3.63) is 169 Å². The number of rotatable bonds is 4. The van der Waals surface area contributed by atoms with Gasteiger partial charge in [-0.25, -0.2) is 0 Å². The molecule has 0 aliphatic rings. The number of nitrogens with zero attached hydrogens (tertiary/aromatic N) is 4. The molecule has 0 atom stereocenters. The van der Waals surface area contributed by atoms with Crippen LogP contribution in [0.1, 0.15) is 11.1 Å². The largest absolute Gasteiger partial charge is 0.309 e. The number of hydrogen-bond acceptors (Lipinski definition) is 2. The quantitative estimate of drug-likeness (QED) is 0.199. The van der Waals surface area contributed by atoms with Gasteiger partial charge in [0, 0.05) is 32.8 Å². The van der Waals surface area contributed by atoms with Crippen LogP contribution >= 0.6 is 0 Å². The molecule has 0 radical (unpaired) electrons. The Labute approximate surface area is 277 Å². The molecule has 2 aromatic heterocycles. The monoisotopic (exact) mass is 610 g/mol. The maximum atomic E-state index is 9.66. The van der Waals surface area contributed by atoms with Crippen LogP contribution in [0.3, 0.4) is 0 Å². The van der Waals surface area contributed by atoms with E-state index in [9.17, 15) is 10.5 Å². The molecule has 7 aromatic carbocycles. The molecule has 4 heteroatoms. The van der Waals surface area contributed by atoms with Crippen LogP contribution in [-0.4, -0.2) is 9.13 Å². The summed E-state index contributed by atoms with van der Waals surface area (Å²) in [7, 11) is 0. The van der Waals surface area contributed by atoms with E-state index in [4.69, 9.17) is 0 Å². The fraction of sp³-hybridized carbons (Fsp3) is 0. The fourth-order valence-electron chi connectivity index (χ4n) is 7.27. The average molecular weight is 611 g/mol. The smallest absolute Gasteiger partial charge is 0.0991 e. The molecule has 0 bridgehead atoms. The van der Waals surface area contributed by atoms with E-state index >= 15 is 0 Å². The van der Waals surface area contributed by atoms with Gasteiger partial charge < -0.3 is 9.13 Å². The zero-order valence-electron chi connectivity index (χ0n) is 25.8. The summed E-state index contributed by atoms with van der Waals surface area (Å²) >= 11 is 0. The maximum Gasteiger partial charge on any atom is 0.0991 e. The number of nitriles is 2. The highest BCUT2D eigenvalue weighted by molar-refractivity contribution is 6.12. The third-order valence-corrected chi connectivity index (χ3v) is 9.40. The van der Waals surface area contributed by atoms with Gasteiger partial charge in [-0.3, -0.25) is 0 Å². The van der Waals surface area contributed by atoms with Gasteiger partial charge in [-0.15, -0.1) is 0 Å². The Morgan fingerprint density at radius 2 is 0.896 bits per heavy atom. The highest BCUT2D eigenvalue weighted by Crippen LogP contribution is 2.41. The Morgan fingerprint density at radius 3 is 1.62 bits per heavy atom. The van der Waals surface area contributed by atoms with Gasteiger partial charge in [0.25, 0.3) is 0 Å². The van der Waals surface area contributed by atoms with Crippen LogP contribution in [0.4, 0.5) is 0 Å². The van der Waals surface area contributed by atoms with Crippen LogP contribution in [0.25, 0.3) is 77.2 Å². The van der Waals surface area contributed by atoms with Gasteiger partial charge in [-0.05, 0) is 89.5 Å². The van der Waals surface area contributed by atoms with Crippen LogP contribution in [0.15, 0.2) is 158 Å². The van der Waals surface area contributed by atoms with E-state index in [2.05, 4.69) is 143 Å². The summed E-state index contributed by atoms with van der Waals surface area (Å²) in [5, 5.41) is 23.6. The number of para-hydroxylation sites is 3. The molecule has 2 heterocycles. The molecule has 0 saturated carbocycles. The number of hydrogen-bond donors (Lipinski definition) is 0. The third kappa shape index (κ3) is 4.14. The lowest BCUT2D eigenvalue weighted by atomic mass is 9.92. The normalized spacial score (nSPS) is 11.3. The minimum Gasteiger partial charge on any atom is -0.309 e. The first-order valence-corrected chi connectivity index (χ1v) is 15.9. The van der Waals surface area contributed by atoms with Gasteiger partial charge in [-0.1, -0.05) is 84.9 Å². The summed E-state index contributed by atoms with van der Waals surface area (Å²) in [5.74, 6) is 0. The third-order valence-electron chi connectivity index (χ3n) is 9.40. The molecule has 0 aliphatic carbocycles. The van der Waals surface area contributed by atoms with Crippen molar-refractivity contribution in [3.63, 3.8) is 0 Å². The number of fused-ring (bicyclic) bond motifs is 6. The Bertz CT molecular complexity index is 2800.